The lowest BCUT2D eigenvalue weighted by atomic mass is 10.2. The number of amides is 1. The number of aromatic nitrogens is 2. The van der Waals surface area contributed by atoms with Gasteiger partial charge in [0.05, 0.1) is 28.0 Å². The monoisotopic (exact) mass is 463 g/mol. The van der Waals surface area contributed by atoms with Crippen molar-refractivity contribution in [3.8, 4) is 5.69 Å². The molecule has 5 nitrogen and oxygen atoms in total. The number of para-hydroxylation sites is 2. The van der Waals surface area contributed by atoms with E-state index in [2.05, 4.69) is 4.98 Å². The van der Waals surface area contributed by atoms with Gasteiger partial charge in [0.25, 0.3) is 5.56 Å². The molecule has 0 saturated carbocycles. The van der Waals surface area contributed by atoms with E-state index in [0.29, 0.717) is 28.3 Å². The molecule has 160 valence electrons. The molecule has 0 fully saturated rings. The summed E-state index contributed by atoms with van der Waals surface area (Å²) in [4.78, 5) is 33.9. The Morgan fingerprint density at radius 3 is 2.62 bits per heavy atom. The van der Waals surface area contributed by atoms with Crippen molar-refractivity contribution in [1.29, 1.82) is 0 Å². The molecule has 0 N–H and O–H groups in total. The van der Waals surface area contributed by atoms with Crippen LogP contribution in [0.25, 0.3) is 16.6 Å². The zero-order valence-corrected chi connectivity index (χ0v) is 18.5. The number of anilines is 1. The van der Waals surface area contributed by atoms with E-state index in [1.165, 1.54) is 40.6 Å². The highest BCUT2D eigenvalue weighted by atomic mass is 32.2. The lowest BCUT2D eigenvalue weighted by molar-refractivity contribution is -0.116. The molecule has 1 amide bonds. The number of fused-ring (bicyclic) bond motifs is 2. The van der Waals surface area contributed by atoms with E-state index < -0.39 is 0 Å². The largest absolute Gasteiger partial charge is 0.310 e. The minimum absolute atomic E-state index is 0.0455. The Kier molecular flexibility index (Phi) is 5.71. The molecule has 32 heavy (non-hydrogen) atoms. The third-order valence-electron chi connectivity index (χ3n) is 5.18. The third kappa shape index (κ3) is 3.91. The normalized spacial score (nSPS) is 13.2. The molecule has 0 atom stereocenters. The maximum Gasteiger partial charge on any atom is 0.266 e. The minimum Gasteiger partial charge on any atom is -0.310 e. The van der Waals surface area contributed by atoms with Crippen molar-refractivity contribution in [2.24, 2.45) is 0 Å². The zero-order valence-electron chi connectivity index (χ0n) is 16.9. The standard InChI is InChI=1S/C24H18FN3O2S2/c25-16-9-11-17(12-10-16)28-23(30)18-5-1-2-6-19(18)26-24(28)32-15-22(29)27-13-14-31-21-8-4-3-7-20(21)27/h1-12H,13-15H2. The van der Waals surface area contributed by atoms with Gasteiger partial charge in [-0.1, -0.05) is 36.0 Å². The van der Waals surface area contributed by atoms with Crippen LogP contribution in [0.4, 0.5) is 10.1 Å². The Bertz CT molecular complexity index is 1370. The number of nitrogens with zero attached hydrogens (tertiary/aromatic N) is 3. The molecular formula is C24H18FN3O2S2. The van der Waals surface area contributed by atoms with Gasteiger partial charge in [0, 0.05) is 17.2 Å². The number of rotatable bonds is 4. The first-order valence-electron chi connectivity index (χ1n) is 10.0. The van der Waals surface area contributed by atoms with Crippen LogP contribution in [-0.2, 0) is 4.79 Å². The average molecular weight is 464 g/mol. The Morgan fingerprint density at radius 1 is 1.03 bits per heavy atom. The fourth-order valence-electron chi connectivity index (χ4n) is 3.66. The van der Waals surface area contributed by atoms with Gasteiger partial charge in [-0.2, -0.15) is 0 Å². The van der Waals surface area contributed by atoms with Crippen molar-refractivity contribution in [3.05, 3.63) is 89.0 Å². The van der Waals surface area contributed by atoms with Crippen LogP contribution in [0.15, 0.2) is 87.6 Å². The number of hydrogen-bond acceptors (Lipinski definition) is 5. The molecule has 0 saturated heterocycles. The number of carbonyl (C=O) groups is 1. The SMILES string of the molecule is O=C(CSc1nc2ccccc2c(=O)n1-c1ccc(F)cc1)N1CCSc2ccccc21. The van der Waals surface area contributed by atoms with Crippen LogP contribution < -0.4 is 10.5 Å². The second-order valence-corrected chi connectivity index (χ2v) is 9.26. The highest BCUT2D eigenvalue weighted by Crippen LogP contribution is 2.35. The van der Waals surface area contributed by atoms with Crippen molar-refractivity contribution in [2.75, 3.05) is 23.0 Å². The number of carbonyl (C=O) groups excluding carboxylic acids is 1. The van der Waals surface area contributed by atoms with E-state index >= 15 is 0 Å². The number of benzene rings is 3. The van der Waals surface area contributed by atoms with E-state index in [9.17, 15) is 14.0 Å². The molecule has 3 aromatic carbocycles. The lowest BCUT2D eigenvalue weighted by Crippen LogP contribution is -2.36. The molecule has 5 rings (SSSR count). The topological polar surface area (TPSA) is 55.2 Å². The van der Waals surface area contributed by atoms with E-state index in [1.54, 1.807) is 34.9 Å². The summed E-state index contributed by atoms with van der Waals surface area (Å²) in [7, 11) is 0. The van der Waals surface area contributed by atoms with Gasteiger partial charge in [0.15, 0.2) is 5.16 Å². The first-order valence-corrected chi connectivity index (χ1v) is 12.0. The van der Waals surface area contributed by atoms with E-state index in [1.807, 2.05) is 30.3 Å². The van der Waals surface area contributed by atoms with Gasteiger partial charge >= 0.3 is 0 Å². The fourth-order valence-corrected chi connectivity index (χ4v) is 5.54. The predicted octanol–water partition coefficient (Wildman–Crippen LogP) is 4.76. The summed E-state index contributed by atoms with van der Waals surface area (Å²) < 4.78 is 14.9. The summed E-state index contributed by atoms with van der Waals surface area (Å²) in [6, 6.07) is 20.6. The summed E-state index contributed by atoms with van der Waals surface area (Å²) in [5.41, 5.74) is 1.73. The van der Waals surface area contributed by atoms with Crippen LogP contribution in [0, 0.1) is 5.82 Å². The maximum atomic E-state index is 13.5. The maximum absolute atomic E-state index is 13.5. The molecule has 0 unspecified atom stereocenters. The molecule has 0 bridgehead atoms. The van der Waals surface area contributed by atoms with Gasteiger partial charge in [0.2, 0.25) is 5.91 Å². The molecule has 2 heterocycles. The van der Waals surface area contributed by atoms with Crippen LogP contribution in [0.1, 0.15) is 0 Å². The fraction of sp³-hybridized carbons (Fsp3) is 0.125. The van der Waals surface area contributed by atoms with Gasteiger partial charge in [-0.15, -0.1) is 11.8 Å². The van der Waals surface area contributed by atoms with Crippen molar-refractivity contribution in [3.63, 3.8) is 0 Å². The molecule has 0 aliphatic carbocycles. The van der Waals surface area contributed by atoms with Crippen molar-refractivity contribution in [2.45, 2.75) is 10.1 Å². The van der Waals surface area contributed by atoms with Gasteiger partial charge in [-0.05, 0) is 48.5 Å². The van der Waals surface area contributed by atoms with E-state index in [4.69, 9.17) is 0 Å². The first kappa shape index (κ1) is 20.8. The second kappa shape index (κ2) is 8.80. The Hall–Kier alpha value is -3.10. The summed E-state index contributed by atoms with van der Waals surface area (Å²) in [5.74, 6) is 0.532. The third-order valence-corrected chi connectivity index (χ3v) is 7.15. The van der Waals surface area contributed by atoms with Gasteiger partial charge in [-0.3, -0.25) is 14.2 Å². The summed E-state index contributed by atoms with van der Waals surface area (Å²) >= 11 is 2.95. The van der Waals surface area contributed by atoms with E-state index in [0.717, 1.165) is 16.3 Å². The summed E-state index contributed by atoms with van der Waals surface area (Å²) in [6.07, 6.45) is 0. The molecule has 4 aromatic rings. The van der Waals surface area contributed by atoms with Crippen LogP contribution >= 0.6 is 23.5 Å². The number of hydrogen-bond donors (Lipinski definition) is 0. The smallest absolute Gasteiger partial charge is 0.266 e. The zero-order chi connectivity index (χ0) is 22.1. The van der Waals surface area contributed by atoms with Gasteiger partial charge in [-0.25, -0.2) is 9.37 Å². The second-order valence-electron chi connectivity index (χ2n) is 7.18. The quantitative estimate of drug-likeness (QED) is 0.323. The summed E-state index contributed by atoms with van der Waals surface area (Å²) in [6.45, 7) is 0.636. The summed E-state index contributed by atoms with van der Waals surface area (Å²) in [5, 5.41) is 0.864. The Morgan fingerprint density at radius 2 is 1.78 bits per heavy atom. The predicted molar refractivity (Wildman–Crippen MR) is 128 cm³/mol. The molecule has 0 radical (unpaired) electrons. The van der Waals surface area contributed by atoms with E-state index in [-0.39, 0.29) is 23.0 Å². The van der Waals surface area contributed by atoms with Crippen LogP contribution in [-0.4, -0.2) is 33.5 Å². The molecule has 0 spiro atoms. The number of halogens is 1. The van der Waals surface area contributed by atoms with Crippen LogP contribution in [0.5, 0.6) is 0 Å². The van der Waals surface area contributed by atoms with Crippen molar-refractivity contribution < 1.29 is 9.18 Å². The first-order chi connectivity index (χ1) is 15.6. The Balaban J connectivity index is 1.50. The van der Waals surface area contributed by atoms with Crippen molar-refractivity contribution >= 4 is 46.0 Å². The molecule has 1 aromatic heterocycles. The Labute approximate surface area is 192 Å². The highest BCUT2D eigenvalue weighted by molar-refractivity contribution is 8.00. The highest BCUT2D eigenvalue weighted by Gasteiger charge is 2.23. The lowest BCUT2D eigenvalue weighted by Gasteiger charge is -2.28. The number of thioether (sulfide) groups is 2. The average Bonchev–Trinajstić information content (AvgIpc) is 2.83. The molecular weight excluding hydrogens is 445 g/mol. The minimum atomic E-state index is -0.387. The molecule has 1 aliphatic heterocycles. The molecule has 1 aliphatic rings. The van der Waals surface area contributed by atoms with Gasteiger partial charge < -0.3 is 4.90 Å². The van der Waals surface area contributed by atoms with Crippen molar-refractivity contribution in [1.82, 2.24) is 9.55 Å². The van der Waals surface area contributed by atoms with Gasteiger partial charge in [0.1, 0.15) is 5.82 Å². The van der Waals surface area contributed by atoms with Crippen LogP contribution in [0.3, 0.4) is 0 Å². The van der Waals surface area contributed by atoms with Crippen LogP contribution in [0.2, 0.25) is 0 Å². The molecule has 8 heteroatoms.